The van der Waals surface area contributed by atoms with E-state index in [0.29, 0.717) is 6.04 Å². The SMILES string of the molecule is CCN1CCC(N(CCc2ccccn2)Cc2cnn3cccnc23)CC1. The number of piperidine rings is 1. The van der Waals surface area contributed by atoms with Gasteiger partial charge in [-0.15, -0.1) is 0 Å². The van der Waals surface area contributed by atoms with Gasteiger partial charge in [-0.25, -0.2) is 9.50 Å². The molecule has 142 valence electrons. The first-order valence-electron chi connectivity index (χ1n) is 9.97. The molecule has 1 fully saturated rings. The Balaban J connectivity index is 1.50. The van der Waals surface area contributed by atoms with Gasteiger partial charge >= 0.3 is 0 Å². The van der Waals surface area contributed by atoms with Crippen LogP contribution in [-0.4, -0.2) is 61.6 Å². The molecule has 0 spiro atoms. The number of pyridine rings is 1. The lowest BCUT2D eigenvalue weighted by Crippen LogP contribution is -2.45. The number of nitrogens with zero attached hydrogens (tertiary/aromatic N) is 6. The molecule has 0 bridgehead atoms. The quantitative estimate of drug-likeness (QED) is 0.645. The van der Waals surface area contributed by atoms with Gasteiger partial charge in [0.05, 0.1) is 6.20 Å². The Morgan fingerprint density at radius 1 is 1.11 bits per heavy atom. The van der Waals surface area contributed by atoms with Crippen molar-refractivity contribution in [1.82, 2.24) is 29.4 Å². The fourth-order valence-corrected chi connectivity index (χ4v) is 4.00. The maximum Gasteiger partial charge on any atom is 0.159 e. The first kappa shape index (κ1) is 18.1. The van der Waals surface area contributed by atoms with Crippen LogP contribution < -0.4 is 0 Å². The molecule has 3 aromatic heterocycles. The zero-order chi connectivity index (χ0) is 18.5. The first-order valence-corrected chi connectivity index (χ1v) is 9.97. The summed E-state index contributed by atoms with van der Waals surface area (Å²) in [6.45, 7) is 7.69. The molecule has 0 aliphatic carbocycles. The van der Waals surface area contributed by atoms with Crippen molar-refractivity contribution in [2.45, 2.75) is 38.8 Å². The molecule has 0 unspecified atom stereocenters. The summed E-state index contributed by atoms with van der Waals surface area (Å²) in [7, 11) is 0. The van der Waals surface area contributed by atoms with Crippen molar-refractivity contribution in [2.75, 3.05) is 26.2 Å². The van der Waals surface area contributed by atoms with Gasteiger partial charge in [-0.2, -0.15) is 5.10 Å². The molecule has 3 aromatic rings. The molecule has 1 aliphatic rings. The third kappa shape index (κ3) is 4.34. The predicted octanol–water partition coefficient (Wildman–Crippen LogP) is 2.65. The monoisotopic (exact) mass is 364 g/mol. The van der Waals surface area contributed by atoms with Crippen molar-refractivity contribution in [3.05, 3.63) is 60.3 Å². The molecule has 1 aliphatic heterocycles. The molecule has 0 atom stereocenters. The number of hydrogen-bond donors (Lipinski definition) is 0. The second-order valence-corrected chi connectivity index (χ2v) is 7.26. The van der Waals surface area contributed by atoms with E-state index < -0.39 is 0 Å². The van der Waals surface area contributed by atoms with Crippen LogP contribution >= 0.6 is 0 Å². The Kier molecular flexibility index (Phi) is 5.75. The van der Waals surface area contributed by atoms with Gasteiger partial charge in [-0.3, -0.25) is 9.88 Å². The van der Waals surface area contributed by atoms with E-state index in [-0.39, 0.29) is 0 Å². The summed E-state index contributed by atoms with van der Waals surface area (Å²) >= 11 is 0. The smallest absolute Gasteiger partial charge is 0.159 e. The number of likely N-dealkylation sites (tertiary alicyclic amines) is 1. The van der Waals surface area contributed by atoms with Crippen molar-refractivity contribution in [2.24, 2.45) is 0 Å². The summed E-state index contributed by atoms with van der Waals surface area (Å²) in [5, 5.41) is 4.47. The highest BCUT2D eigenvalue weighted by Gasteiger charge is 2.25. The minimum absolute atomic E-state index is 0.607. The Bertz CT molecular complexity index is 838. The summed E-state index contributed by atoms with van der Waals surface area (Å²) in [4.78, 5) is 14.2. The Labute approximate surface area is 160 Å². The lowest BCUT2D eigenvalue weighted by molar-refractivity contribution is 0.106. The van der Waals surface area contributed by atoms with E-state index in [2.05, 4.69) is 43.9 Å². The summed E-state index contributed by atoms with van der Waals surface area (Å²) in [6.07, 6.45) is 11.1. The third-order valence-corrected chi connectivity index (χ3v) is 5.63. The number of aromatic nitrogens is 4. The van der Waals surface area contributed by atoms with Gasteiger partial charge in [-0.1, -0.05) is 13.0 Å². The highest BCUT2D eigenvalue weighted by molar-refractivity contribution is 5.45. The van der Waals surface area contributed by atoms with E-state index >= 15 is 0 Å². The molecule has 4 rings (SSSR count). The molecule has 6 nitrogen and oxygen atoms in total. The van der Waals surface area contributed by atoms with Gasteiger partial charge in [0.15, 0.2) is 5.65 Å². The van der Waals surface area contributed by atoms with Crippen molar-refractivity contribution >= 4 is 5.65 Å². The zero-order valence-corrected chi connectivity index (χ0v) is 16.0. The van der Waals surface area contributed by atoms with Crippen LogP contribution in [0, 0.1) is 0 Å². The Hall–Kier alpha value is -2.31. The predicted molar refractivity (Wildman–Crippen MR) is 106 cm³/mol. The molecular weight excluding hydrogens is 336 g/mol. The molecule has 6 heteroatoms. The first-order chi connectivity index (χ1) is 13.3. The van der Waals surface area contributed by atoms with E-state index in [0.717, 1.165) is 37.4 Å². The van der Waals surface area contributed by atoms with E-state index in [4.69, 9.17) is 0 Å². The van der Waals surface area contributed by atoms with Crippen LogP contribution in [0.1, 0.15) is 31.0 Å². The van der Waals surface area contributed by atoms with E-state index in [1.165, 1.54) is 31.5 Å². The van der Waals surface area contributed by atoms with Gasteiger partial charge in [-0.05, 0) is 50.7 Å². The molecule has 0 amide bonds. The molecule has 0 N–H and O–H groups in total. The standard InChI is InChI=1S/C21H28N6/c1-2-25-13-8-20(9-14-25)26(15-7-19-6-3-4-10-22-19)17-18-16-24-27-12-5-11-23-21(18)27/h3-6,10-12,16,20H,2,7-9,13-15,17H2,1H3. The van der Waals surface area contributed by atoms with E-state index in [1.54, 1.807) is 0 Å². The minimum atomic E-state index is 0.607. The molecular formula is C21H28N6. The molecule has 0 saturated carbocycles. The van der Waals surface area contributed by atoms with Gasteiger partial charge in [0, 0.05) is 55.4 Å². The topological polar surface area (TPSA) is 49.6 Å². The summed E-state index contributed by atoms with van der Waals surface area (Å²) in [5.41, 5.74) is 3.33. The fraction of sp³-hybridized carbons (Fsp3) is 0.476. The number of rotatable bonds is 7. The van der Waals surface area contributed by atoms with E-state index in [9.17, 15) is 0 Å². The van der Waals surface area contributed by atoms with Gasteiger partial charge in [0.1, 0.15) is 0 Å². The Morgan fingerprint density at radius 3 is 2.74 bits per heavy atom. The van der Waals surface area contributed by atoms with Crippen LogP contribution in [0.25, 0.3) is 5.65 Å². The van der Waals surface area contributed by atoms with Gasteiger partial charge < -0.3 is 4.90 Å². The van der Waals surface area contributed by atoms with Crippen molar-refractivity contribution < 1.29 is 0 Å². The summed E-state index contributed by atoms with van der Waals surface area (Å²) < 4.78 is 1.87. The lowest BCUT2D eigenvalue weighted by Gasteiger charge is -2.38. The molecule has 0 radical (unpaired) electrons. The summed E-state index contributed by atoms with van der Waals surface area (Å²) in [6, 6.07) is 8.70. The molecule has 1 saturated heterocycles. The highest BCUT2D eigenvalue weighted by atomic mass is 15.3. The van der Waals surface area contributed by atoms with Crippen molar-refractivity contribution in [3.8, 4) is 0 Å². The van der Waals surface area contributed by atoms with Crippen LogP contribution in [0.5, 0.6) is 0 Å². The van der Waals surface area contributed by atoms with Crippen LogP contribution in [0.2, 0.25) is 0 Å². The van der Waals surface area contributed by atoms with E-state index in [1.807, 2.05) is 41.4 Å². The number of fused-ring (bicyclic) bond motifs is 1. The van der Waals surface area contributed by atoms with Crippen molar-refractivity contribution in [3.63, 3.8) is 0 Å². The van der Waals surface area contributed by atoms with Gasteiger partial charge in [0.2, 0.25) is 0 Å². The zero-order valence-electron chi connectivity index (χ0n) is 16.0. The second-order valence-electron chi connectivity index (χ2n) is 7.26. The number of hydrogen-bond acceptors (Lipinski definition) is 5. The van der Waals surface area contributed by atoms with Crippen LogP contribution in [0.4, 0.5) is 0 Å². The molecule has 27 heavy (non-hydrogen) atoms. The van der Waals surface area contributed by atoms with Crippen LogP contribution in [0.15, 0.2) is 49.1 Å². The van der Waals surface area contributed by atoms with Crippen LogP contribution in [-0.2, 0) is 13.0 Å². The second kappa shape index (κ2) is 8.59. The fourth-order valence-electron chi connectivity index (χ4n) is 4.00. The minimum Gasteiger partial charge on any atom is -0.303 e. The Morgan fingerprint density at radius 2 is 1.96 bits per heavy atom. The third-order valence-electron chi connectivity index (χ3n) is 5.63. The average molecular weight is 364 g/mol. The average Bonchev–Trinajstić information content (AvgIpc) is 3.15. The summed E-state index contributed by atoms with van der Waals surface area (Å²) in [5.74, 6) is 0. The van der Waals surface area contributed by atoms with Crippen molar-refractivity contribution in [1.29, 1.82) is 0 Å². The normalized spacial score (nSPS) is 16.4. The van der Waals surface area contributed by atoms with Crippen LogP contribution in [0.3, 0.4) is 0 Å². The molecule has 0 aromatic carbocycles. The maximum absolute atomic E-state index is 4.54. The lowest BCUT2D eigenvalue weighted by atomic mass is 10.0. The van der Waals surface area contributed by atoms with Gasteiger partial charge in [0.25, 0.3) is 0 Å². The largest absolute Gasteiger partial charge is 0.303 e. The molecule has 4 heterocycles. The highest BCUT2D eigenvalue weighted by Crippen LogP contribution is 2.20. The maximum atomic E-state index is 4.54.